The molecule has 0 radical (unpaired) electrons. The SMILES string of the molecule is O=C(C=C(O)c1cc(S(=O)(=O)c2ccc(F)cc2)[nH]n1)c1nn[nH]n1. The number of ketones is 1. The smallest absolute Gasteiger partial charge is 0.244 e. The van der Waals surface area contributed by atoms with Gasteiger partial charge in [-0.05, 0) is 29.5 Å². The summed E-state index contributed by atoms with van der Waals surface area (Å²) in [5.74, 6) is -2.20. The number of hydrogen-bond donors (Lipinski definition) is 3. The number of carbonyl (C=O) groups excluding carboxylic acids is 1. The van der Waals surface area contributed by atoms with Crippen molar-refractivity contribution in [3.8, 4) is 0 Å². The van der Waals surface area contributed by atoms with Gasteiger partial charge in [0.05, 0.1) is 4.90 Å². The zero-order chi connectivity index (χ0) is 18.0. The molecule has 0 unspecified atom stereocenters. The molecule has 0 amide bonds. The van der Waals surface area contributed by atoms with Crippen LogP contribution in [0.15, 0.2) is 46.3 Å². The van der Waals surface area contributed by atoms with E-state index in [1.165, 1.54) is 0 Å². The van der Waals surface area contributed by atoms with E-state index in [4.69, 9.17) is 0 Å². The molecule has 0 fully saturated rings. The van der Waals surface area contributed by atoms with Crippen molar-refractivity contribution < 1.29 is 22.7 Å². The second kappa shape index (κ2) is 6.24. The zero-order valence-electron chi connectivity index (χ0n) is 12.2. The average molecular weight is 364 g/mol. The van der Waals surface area contributed by atoms with Crippen molar-refractivity contribution >= 4 is 21.4 Å². The first-order valence-electron chi connectivity index (χ1n) is 6.63. The predicted molar refractivity (Wildman–Crippen MR) is 79.6 cm³/mol. The number of nitrogens with one attached hydrogen (secondary N) is 2. The van der Waals surface area contributed by atoms with Crippen molar-refractivity contribution in [1.82, 2.24) is 30.8 Å². The summed E-state index contributed by atoms with van der Waals surface area (Å²) in [5, 5.41) is 27.6. The fraction of sp³-hybridized carbons (Fsp3) is 0. The summed E-state index contributed by atoms with van der Waals surface area (Å²) in [7, 11) is -3.99. The van der Waals surface area contributed by atoms with Crippen molar-refractivity contribution in [3.05, 3.63) is 53.7 Å². The highest BCUT2D eigenvalue weighted by atomic mass is 32.2. The molecule has 0 spiro atoms. The summed E-state index contributed by atoms with van der Waals surface area (Å²) < 4.78 is 37.7. The maximum absolute atomic E-state index is 12.9. The van der Waals surface area contributed by atoms with Crippen LogP contribution in [0.2, 0.25) is 0 Å². The lowest BCUT2D eigenvalue weighted by atomic mass is 10.2. The monoisotopic (exact) mass is 364 g/mol. The molecule has 0 saturated carbocycles. The highest BCUT2D eigenvalue weighted by molar-refractivity contribution is 7.91. The molecule has 10 nitrogen and oxygen atoms in total. The standard InChI is InChI=1S/C13H9FN6O4S/c14-7-1-3-8(4-2-7)25(23,24)12-5-9(15-16-12)10(21)6-11(22)13-17-19-20-18-13/h1-6,21H,(H,15,16)(H,17,18,19,20). The lowest BCUT2D eigenvalue weighted by Gasteiger charge is -2.00. The first-order chi connectivity index (χ1) is 11.9. The minimum Gasteiger partial charge on any atom is -0.505 e. The van der Waals surface area contributed by atoms with Crippen LogP contribution < -0.4 is 0 Å². The Morgan fingerprint density at radius 1 is 1.20 bits per heavy atom. The Morgan fingerprint density at radius 2 is 1.92 bits per heavy atom. The van der Waals surface area contributed by atoms with Crippen LogP contribution in [0.4, 0.5) is 4.39 Å². The quantitative estimate of drug-likeness (QED) is 0.258. The second-order valence-electron chi connectivity index (χ2n) is 4.70. The number of allylic oxidation sites excluding steroid dienone is 1. The van der Waals surface area contributed by atoms with Crippen molar-refractivity contribution in [3.63, 3.8) is 0 Å². The van der Waals surface area contributed by atoms with E-state index in [9.17, 15) is 22.7 Å². The number of aromatic amines is 2. The van der Waals surface area contributed by atoms with Gasteiger partial charge in [0.2, 0.25) is 21.4 Å². The van der Waals surface area contributed by atoms with Gasteiger partial charge in [-0.3, -0.25) is 9.89 Å². The van der Waals surface area contributed by atoms with Crippen LogP contribution >= 0.6 is 0 Å². The van der Waals surface area contributed by atoms with Gasteiger partial charge >= 0.3 is 0 Å². The minimum atomic E-state index is -3.99. The van der Waals surface area contributed by atoms with Crippen LogP contribution in [0, 0.1) is 5.82 Å². The Labute approximate surface area is 139 Å². The van der Waals surface area contributed by atoms with E-state index >= 15 is 0 Å². The number of aromatic nitrogens is 6. The molecule has 12 heteroatoms. The van der Waals surface area contributed by atoms with Crippen LogP contribution in [-0.4, -0.2) is 50.1 Å². The van der Waals surface area contributed by atoms with Gasteiger partial charge in [0, 0.05) is 12.1 Å². The van der Waals surface area contributed by atoms with Gasteiger partial charge in [-0.1, -0.05) is 0 Å². The molecule has 2 aromatic heterocycles. The highest BCUT2D eigenvalue weighted by Gasteiger charge is 2.22. The number of aliphatic hydroxyl groups is 1. The van der Waals surface area contributed by atoms with Crippen molar-refractivity contribution in [2.75, 3.05) is 0 Å². The van der Waals surface area contributed by atoms with Crippen LogP contribution in [-0.2, 0) is 9.84 Å². The molecule has 0 aliphatic carbocycles. The molecule has 25 heavy (non-hydrogen) atoms. The largest absolute Gasteiger partial charge is 0.505 e. The lowest BCUT2D eigenvalue weighted by Crippen LogP contribution is -2.02. The van der Waals surface area contributed by atoms with Gasteiger partial charge in [-0.15, -0.1) is 10.2 Å². The summed E-state index contributed by atoms with van der Waals surface area (Å²) in [6.45, 7) is 0. The van der Waals surface area contributed by atoms with Crippen LogP contribution in [0.5, 0.6) is 0 Å². The molecule has 3 aromatic rings. The Kier molecular flexibility index (Phi) is 4.10. The first kappa shape index (κ1) is 16.4. The number of H-pyrrole nitrogens is 2. The van der Waals surface area contributed by atoms with Crippen molar-refractivity contribution in [2.24, 2.45) is 0 Å². The molecule has 3 rings (SSSR count). The average Bonchev–Trinajstić information content (AvgIpc) is 3.27. The molecule has 0 aliphatic heterocycles. The predicted octanol–water partition coefficient (Wildman–Crippen LogP) is 0.676. The van der Waals surface area contributed by atoms with Crippen molar-refractivity contribution in [1.29, 1.82) is 0 Å². The molecule has 3 N–H and O–H groups in total. The van der Waals surface area contributed by atoms with E-state index in [-0.39, 0.29) is 21.4 Å². The van der Waals surface area contributed by atoms with Gasteiger partial charge in [-0.25, -0.2) is 12.8 Å². The number of nitrogens with zero attached hydrogens (tertiary/aromatic N) is 4. The molecule has 0 aliphatic rings. The van der Waals surface area contributed by atoms with Gasteiger partial charge in [0.15, 0.2) is 5.03 Å². The first-order valence-corrected chi connectivity index (χ1v) is 8.11. The number of tetrazole rings is 1. The van der Waals surface area contributed by atoms with E-state index in [1.807, 2.05) is 0 Å². The van der Waals surface area contributed by atoms with Gasteiger partial charge < -0.3 is 5.11 Å². The molecular weight excluding hydrogens is 355 g/mol. The fourth-order valence-electron chi connectivity index (χ4n) is 1.84. The Balaban J connectivity index is 1.89. The Bertz CT molecular complexity index is 1040. The molecule has 2 heterocycles. The molecular formula is C13H9FN6O4S. The lowest BCUT2D eigenvalue weighted by molar-refractivity contribution is 0.103. The zero-order valence-corrected chi connectivity index (χ0v) is 13.0. The van der Waals surface area contributed by atoms with Crippen molar-refractivity contribution in [2.45, 2.75) is 9.92 Å². The van der Waals surface area contributed by atoms with Gasteiger partial charge in [0.25, 0.3) is 0 Å². The number of carbonyl (C=O) groups is 1. The van der Waals surface area contributed by atoms with Crippen LogP contribution in [0.1, 0.15) is 16.3 Å². The van der Waals surface area contributed by atoms with Crippen LogP contribution in [0.3, 0.4) is 0 Å². The maximum atomic E-state index is 12.9. The number of hydrogen-bond acceptors (Lipinski definition) is 8. The van der Waals surface area contributed by atoms with E-state index in [1.54, 1.807) is 0 Å². The normalized spacial score (nSPS) is 12.3. The van der Waals surface area contributed by atoms with E-state index in [0.717, 1.165) is 36.4 Å². The molecule has 1 aromatic carbocycles. The highest BCUT2D eigenvalue weighted by Crippen LogP contribution is 2.21. The Morgan fingerprint density at radius 3 is 2.56 bits per heavy atom. The maximum Gasteiger partial charge on any atom is 0.244 e. The molecule has 128 valence electrons. The summed E-state index contributed by atoms with van der Waals surface area (Å²) in [6, 6.07) is 5.24. The summed E-state index contributed by atoms with van der Waals surface area (Å²) >= 11 is 0. The minimum absolute atomic E-state index is 0.157. The summed E-state index contributed by atoms with van der Waals surface area (Å²) in [5.41, 5.74) is -0.183. The number of benzene rings is 1. The fourth-order valence-corrected chi connectivity index (χ4v) is 3.02. The third kappa shape index (κ3) is 3.28. The molecule has 0 atom stereocenters. The van der Waals surface area contributed by atoms with E-state index < -0.39 is 27.2 Å². The molecule has 0 saturated heterocycles. The third-order valence-corrected chi connectivity index (χ3v) is 4.74. The van der Waals surface area contributed by atoms with Gasteiger partial charge in [0.1, 0.15) is 17.3 Å². The third-order valence-electron chi connectivity index (χ3n) is 3.06. The van der Waals surface area contributed by atoms with E-state index in [0.29, 0.717) is 0 Å². The van der Waals surface area contributed by atoms with Crippen LogP contribution in [0.25, 0.3) is 5.76 Å². The second-order valence-corrected chi connectivity index (χ2v) is 6.62. The number of rotatable bonds is 5. The summed E-state index contributed by atoms with van der Waals surface area (Å²) in [4.78, 5) is 11.6. The number of aliphatic hydroxyl groups excluding tert-OH is 1. The summed E-state index contributed by atoms with van der Waals surface area (Å²) in [6.07, 6.45) is 0.773. The number of halogens is 1. The molecule has 0 bridgehead atoms. The number of sulfone groups is 1. The Hall–Kier alpha value is -3.41. The van der Waals surface area contributed by atoms with E-state index in [2.05, 4.69) is 30.8 Å². The van der Waals surface area contributed by atoms with Gasteiger partial charge in [-0.2, -0.15) is 10.3 Å². The topological polar surface area (TPSA) is 155 Å².